The van der Waals surface area contributed by atoms with E-state index in [9.17, 15) is 4.79 Å². The van der Waals surface area contributed by atoms with Crippen LogP contribution in [0.2, 0.25) is 0 Å². The summed E-state index contributed by atoms with van der Waals surface area (Å²) in [4.78, 5) is 10.9. The average Bonchev–Trinajstić information content (AvgIpc) is 2.37. The maximum Gasteiger partial charge on any atom is 0.305 e. The Bertz CT molecular complexity index is 466. The Morgan fingerprint density at radius 3 is 2.84 bits per heavy atom. The van der Waals surface area contributed by atoms with E-state index in [0.717, 1.165) is 15.7 Å². The predicted molar refractivity (Wildman–Crippen MR) is 84.4 cm³/mol. The molecule has 0 saturated heterocycles. The molecule has 4 nitrogen and oxygen atoms in total. The summed E-state index contributed by atoms with van der Waals surface area (Å²) < 4.78 is 5.59. The Morgan fingerprint density at radius 1 is 1.47 bits per heavy atom. The molecule has 19 heavy (non-hydrogen) atoms. The van der Waals surface area contributed by atoms with Crippen molar-refractivity contribution in [2.45, 2.75) is 19.8 Å². The summed E-state index contributed by atoms with van der Waals surface area (Å²) >= 11 is 8.60. The van der Waals surface area contributed by atoms with Gasteiger partial charge in [0.1, 0.15) is 0 Å². The van der Waals surface area contributed by atoms with Gasteiger partial charge in [-0.2, -0.15) is 0 Å². The molecule has 0 fully saturated rings. The van der Waals surface area contributed by atoms with Crippen molar-refractivity contribution < 1.29 is 9.53 Å². The summed E-state index contributed by atoms with van der Waals surface area (Å²) in [5.74, 6) is -0.204. The highest BCUT2D eigenvalue weighted by Crippen LogP contribution is 2.19. The summed E-state index contributed by atoms with van der Waals surface area (Å²) in [6, 6.07) is 5.93. The molecule has 0 aliphatic rings. The van der Waals surface area contributed by atoms with E-state index in [1.54, 1.807) is 0 Å². The summed E-state index contributed by atoms with van der Waals surface area (Å²) in [6.45, 7) is 2.64. The number of hydrogen-bond acceptors (Lipinski definition) is 3. The van der Waals surface area contributed by atoms with Gasteiger partial charge in [0.15, 0.2) is 5.11 Å². The summed E-state index contributed by atoms with van der Waals surface area (Å²) in [5, 5.41) is 6.73. The molecule has 104 valence electrons. The molecule has 1 rings (SSSR count). The lowest BCUT2D eigenvalue weighted by molar-refractivity contribution is -0.140. The average molecular weight is 345 g/mol. The summed E-state index contributed by atoms with van der Waals surface area (Å²) in [6.07, 6.45) is 1.08. The van der Waals surface area contributed by atoms with E-state index >= 15 is 0 Å². The number of methoxy groups -OCH3 is 1. The first-order valence-corrected chi connectivity index (χ1v) is 7.11. The lowest BCUT2D eigenvalue weighted by Gasteiger charge is -2.12. The molecule has 0 amide bonds. The topological polar surface area (TPSA) is 50.4 Å². The SMILES string of the molecule is COC(=O)CCCNC(=S)Nc1ccc(Br)cc1C. The molecule has 0 atom stereocenters. The lowest BCUT2D eigenvalue weighted by Crippen LogP contribution is -2.29. The number of esters is 1. The smallest absolute Gasteiger partial charge is 0.305 e. The summed E-state index contributed by atoms with van der Waals surface area (Å²) in [5.41, 5.74) is 2.07. The van der Waals surface area contributed by atoms with Gasteiger partial charge in [0.05, 0.1) is 7.11 Å². The van der Waals surface area contributed by atoms with Crippen LogP contribution in [0.3, 0.4) is 0 Å². The number of anilines is 1. The minimum absolute atomic E-state index is 0.204. The van der Waals surface area contributed by atoms with Crippen LogP contribution in [0, 0.1) is 6.92 Å². The predicted octanol–water partition coefficient (Wildman–Crippen LogP) is 3.00. The number of carbonyl (C=O) groups is 1. The monoisotopic (exact) mass is 344 g/mol. The van der Waals surface area contributed by atoms with E-state index in [4.69, 9.17) is 12.2 Å². The first-order chi connectivity index (χ1) is 9.02. The number of halogens is 1. The number of nitrogens with one attached hydrogen (secondary N) is 2. The van der Waals surface area contributed by atoms with E-state index < -0.39 is 0 Å². The molecular weight excluding hydrogens is 328 g/mol. The van der Waals surface area contributed by atoms with Crippen LogP contribution in [0.1, 0.15) is 18.4 Å². The first-order valence-electron chi connectivity index (χ1n) is 5.90. The fourth-order valence-electron chi connectivity index (χ4n) is 1.47. The van der Waals surface area contributed by atoms with Gasteiger partial charge < -0.3 is 15.4 Å². The second kappa shape index (κ2) is 8.12. The highest BCUT2D eigenvalue weighted by molar-refractivity contribution is 9.10. The second-order valence-electron chi connectivity index (χ2n) is 4.02. The molecule has 6 heteroatoms. The molecule has 2 N–H and O–H groups in total. The molecule has 0 bridgehead atoms. The Hall–Kier alpha value is -1.14. The van der Waals surface area contributed by atoms with E-state index in [0.29, 0.717) is 24.5 Å². The molecule has 0 radical (unpaired) electrons. The van der Waals surface area contributed by atoms with Gasteiger partial charge in [0.25, 0.3) is 0 Å². The fourth-order valence-corrected chi connectivity index (χ4v) is 2.16. The van der Waals surface area contributed by atoms with Gasteiger partial charge in [-0.15, -0.1) is 0 Å². The van der Waals surface area contributed by atoms with Gasteiger partial charge in [-0.05, 0) is 49.3 Å². The number of aryl methyl sites for hydroxylation is 1. The van der Waals surface area contributed by atoms with Crippen molar-refractivity contribution in [3.8, 4) is 0 Å². The van der Waals surface area contributed by atoms with Crippen molar-refractivity contribution in [1.82, 2.24) is 5.32 Å². The van der Waals surface area contributed by atoms with Crippen LogP contribution in [0.15, 0.2) is 22.7 Å². The number of carbonyl (C=O) groups excluding carboxylic acids is 1. The first kappa shape index (κ1) is 15.9. The van der Waals surface area contributed by atoms with Crippen molar-refractivity contribution in [3.05, 3.63) is 28.2 Å². The van der Waals surface area contributed by atoms with Crippen LogP contribution in [-0.4, -0.2) is 24.7 Å². The van der Waals surface area contributed by atoms with Crippen molar-refractivity contribution >= 4 is 44.9 Å². The number of ether oxygens (including phenoxy) is 1. The van der Waals surface area contributed by atoms with Gasteiger partial charge in [-0.3, -0.25) is 4.79 Å². The van der Waals surface area contributed by atoms with Crippen molar-refractivity contribution in [3.63, 3.8) is 0 Å². The van der Waals surface area contributed by atoms with Gasteiger partial charge in [-0.1, -0.05) is 15.9 Å². The Morgan fingerprint density at radius 2 is 2.21 bits per heavy atom. The fraction of sp³-hybridized carbons (Fsp3) is 0.385. The zero-order valence-corrected chi connectivity index (χ0v) is 13.4. The zero-order valence-electron chi connectivity index (χ0n) is 11.0. The van der Waals surface area contributed by atoms with Gasteiger partial charge in [0, 0.05) is 23.1 Å². The van der Waals surface area contributed by atoms with E-state index in [1.165, 1.54) is 7.11 Å². The Balaban J connectivity index is 2.33. The van der Waals surface area contributed by atoms with Crippen LogP contribution in [0.4, 0.5) is 5.69 Å². The molecule has 0 saturated carbocycles. The third-order valence-corrected chi connectivity index (χ3v) is 3.25. The minimum Gasteiger partial charge on any atom is -0.469 e. The van der Waals surface area contributed by atoms with E-state index in [2.05, 4.69) is 31.3 Å². The highest BCUT2D eigenvalue weighted by atomic mass is 79.9. The molecule has 0 heterocycles. The third-order valence-electron chi connectivity index (χ3n) is 2.51. The van der Waals surface area contributed by atoms with Crippen LogP contribution in [0.25, 0.3) is 0 Å². The van der Waals surface area contributed by atoms with Crippen molar-refractivity contribution in [2.24, 2.45) is 0 Å². The molecule has 0 spiro atoms. The number of thiocarbonyl (C=S) groups is 1. The van der Waals surface area contributed by atoms with Crippen LogP contribution >= 0.6 is 28.1 Å². The maximum atomic E-state index is 10.9. The molecule has 1 aromatic rings. The van der Waals surface area contributed by atoms with Gasteiger partial charge in [-0.25, -0.2) is 0 Å². The number of hydrogen-bond donors (Lipinski definition) is 2. The Kier molecular flexibility index (Phi) is 6.80. The largest absolute Gasteiger partial charge is 0.469 e. The van der Waals surface area contributed by atoms with Crippen LogP contribution < -0.4 is 10.6 Å². The standard InChI is InChI=1S/C13H17BrN2O2S/c1-9-8-10(14)5-6-11(9)16-13(19)15-7-3-4-12(17)18-2/h5-6,8H,3-4,7H2,1-2H3,(H2,15,16,19). The van der Waals surface area contributed by atoms with Gasteiger partial charge >= 0.3 is 5.97 Å². The van der Waals surface area contributed by atoms with Crippen LogP contribution in [-0.2, 0) is 9.53 Å². The van der Waals surface area contributed by atoms with Crippen molar-refractivity contribution in [2.75, 3.05) is 19.0 Å². The normalized spacial score (nSPS) is 9.84. The molecular formula is C13H17BrN2O2S. The molecule has 0 aliphatic carbocycles. The molecule has 0 aliphatic heterocycles. The maximum absolute atomic E-state index is 10.9. The molecule has 1 aromatic carbocycles. The van der Waals surface area contributed by atoms with E-state index in [-0.39, 0.29) is 5.97 Å². The second-order valence-corrected chi connectivity index (χ2v) is 5.34. The summed E-state index contributed by atoms with van der Waals surface area (Å²) in [7, 11) is 1.39. The Labute approximate surface area is 127 Å². The number of rotatable bonds is 5. The lowest BCUT2D eigenvalue weighted by atomic mass is 10.2. The van der Waals surface area contributed by atoms with Crippen LogP contribution in [0.5, 0.6) is 0 Å². The highest BCUT2D eigenvalue weighted by Gasteiger charge is 2.03. The quantitative estimate of drug-likeness (QED) is 0.488. The van der Waals surface area contributed by atoms with Gasteiger partial charge in [0.2, 0.25) is 0 Å². The minimum atomic E-state index is -0.204. The van der Waals surface area contributed by atoms with E-state index in [1.807, 2.05) is 25.1 Å². The molecule has 0 unspecified atom stereocenters. The third kappa shape index (κ3) is 6.02. The number of benzene rings is 1. The zero-order chi connectivity index (χ0) is 14.3. The van der Waals surface area contributed by atoms with Crippen molar-refractivity contribution in [1.29, 1.82) is 0 Å². The molecule has 0 aromatic heterocycles.